The van der Waals surface area contributed by atoms with Crippen LogP contribution in [0.25, 0.3) is 0 Å². The van der Waals surface area contributed by atoms with Crippen LogP contribution in [0.1, 0.15) is 34.6 Å². The molecule has 1 aromatic rings. The number of hydrogen-bond acceptors (Lipinski definition) is 6. The molecule has 0 aliphatic carbocycles. The standard InChI is InChI=1S/C17H25N3O4/c1-9(2)8-23-17(22)11(5)20-15-12(6-7-13(18)19-15)24-14(10(3)4)16(20)21/h6-7,9-11,14H,8H2,1-5H3,(H2,18,19). The second kappa shape index (κ2) is 7.07. The Morgan fingerprint density at radius 2 is 2.00 bits per heavy atom. The lowest BCUT2D eigenvalue weighted by Gasteiger charge is -2.37. The monoisotopic (exact) mass is 335 g/mol. The number of amides is 1. The molecule has 2 heterocycles. The van der Waals surface area contributed by atoms with Crippen molar-refractivity contribution in [2.75, 3.05) is 17.2 Å². The fourth-order valence-electron chi connectivity index (χ4n) is 2.41. The zero-order valence-electron chi connectivity index (χ0n) is 14.8. The lowest BCUT2D eigenvalue weighted by molar-refractivity contribution is -0.148. The van der Waals surface area contributed by atoms with Crippen LogP contribution in [0.2, 0.25) is 0 Å². The topological polar surface area (TPSA) is 94.8 Å². The van der Waals surface area contributed by atoms with Crippen molar-refractivity contribution in [2.24, 2.45) is 11.8 Å². The van der Waals surface area contributed by atoms with E-state index in [1.54, 1.807) is 19.1 Å². The first-order chi connectivity index (χ1) is 11.2. The maximum Gasteiger partial charge on any atom is 0.329 e. The van der Waals surface area contributed by atoms with E-state index in [-0.39, 0.29) is 29.4 Å². The molecule has 1 amide bonds. The summed E-state index contributed by atoms with van der Waals surface area (Å²) in [4.78, 5) is 30.7. The Morgan fingerprint density at radius 1 is 1.33 bits per heavy atom. The third-order valence-electron chi connectivity index (χ3n) is 3.72. The van der Waals surface area contributed by atoms with Crippen molar-refractivity contribution in [3.8, 4) is 5.75 Å². The molecule has 0 saturated heterocycles. The number of nitrogens with zero attached hydrogens (tertiary/aromatic N) is 2. The zero-order valence-corrected chi connectivity index (χ0v) is 14.8. The summed E-state index contributed by atoms with van der Waals surface area (Å²) in [5.74, 6) is 0.314. The van der Waals surface area contributed by atoms with Gasteiger partial charge in [-0.15, -0.1) is 0 Å². The minimum absolute atomic E-state index is 0.0513. The van der Waals surface area contributed by atoms with Crippen LogP contribution in [0.5, 0.6) is 5.75 Å². The van der Waals surface area contributed by atoms with Crippen LogP contribution in [0.15, 0.2) is 12.1 Å². The molecule has 24 heavy (non-hydrogen) atoms. The van der Waals surface area contributed by atoms with Gasteiger partial charge in [0.15, 0.2) is 17.7 Å². The van der Waals surface area contributed by atoms with Crippen LogP contribution in [0, 0.1) is 11.8 Å². The molecule has 0 bridgehead atoms. The summed E-state index contributed by atoms with van der Waals surface area (Å²) < 4.78 is 11.0. The molecule has 0 spiro atoms. The highest BCUT2D eigenvalue weighted by Gasteiger charge is 2.42. The van der Waals surface area contributed by atoms with Gasteiger partial charge in [0.2, 0.25) is 0 Å². The van der Waals surface area contributed by atoms with E-state index in [0.717, 1.165) is 0 Å². The van der Waals surface area contributed by atoms with Crippen LogP contribution in [0.3, 0.4) is 0 Å². The van der Waals surface area contributed by atoms with Crippen LogP contribution in [0.4, 0.5) is 11.6 Å². The summed E-state index contributed by atoms with van der Waals surface area (Å²) in [5.41, 5.74) is 5.74. The van der Waals surface area contributed by atoms with E-state index in [4.69, 9.17) is 15.2 Å². The molecule has 0 radical (unpaired) electrons. The highest BCUT2D eigenvalue weighted by molar-refractivity contribution is 6.03. The Labute approximate surface area is 142 Å². The fraction of sp³-hybridized carbons (Fsp3) is 0.588. The molecule has 0 aromatic carbocycles. The summed E-state index contributed by atoms with van der Waals surface area (Å²) in [6.07, 6.45) is -0.678. The quantitative estimate of drug-likeness (QED) is 0.827. The molecule has 7 heteroatoms. The van der Waals surface area contributed by atoms with E-state index in [1.807, 2.05) is 27.7 Å². The van der Waals surface area contributed by atoms with Crippen LogP contribution in [-0.2, 0) is 14.3 Å². The van der Waals surface area contributed by atoms with Gasteiger partial charge in [-0.25, -0.2) is 9.78 Å². The first-order valence-corrected chi connectivity index (χ1v) is 8.15. The summed E-state index contributed by atoms with van der Waals surface area (Å²) in [5, 5.41) is 0. The number of carbonyl (C=O) groups is 2. The Morgan fingerprint density at radius 3 is 2.58 bits per heavy atom. The Bertz CT molecular complexity index is 630. The average molecular weight is 335 g/mol. The van der Waals surface area contributed by atoms with E-state index in [2.05, 4.69) is 4.98 Å². The second-order valence-corrected chi connectivity index (χ2v) is 6.75. The largest absolute Gasteiger partial charge is 0.476 e. The molecule has 2 unspecified atom stereocenters. The number of esters is 1. The van der Waals surface area contributed by atoms with Gasteiger partial charge in [-0.05, 0) is 30.9 Å². The fourth-order valence-corrected chi connectivity index (χ4v) is 2.41. The van der Waals surface area contributed by atoms with Crippen LogP contribution >= 0.6 is 0 Å². The van der Waals surface area contributed by atoms with Crippen molar-refractivity contribution in [1.82, 2.24) is 4.98 Å². The second-order valence-electron chi connectivity index (χ2n) is 6.75. The first kappa shape index (κ1) is 18.0. The number of aromatic nitrogens is 1. The van der Waals surface area contributed by atoms with Crippen LogP contribution in [-0.4, -0.2) is 35.6 Å². The van der Waals surface area contributed by atoms with Crippen molar-refractivity contribution in [3.63, 3.8) is 0 Å². The molecule has 2 N–H and O–H groups in total. The molecule has 2 rings (SSSR count). The predicted molar refractivity (Wildman–Crippen MR) is 90.6 cm³/mol. The van der Waals surface area contributed by atoms with Gasteiger partial charge in [0.05, 0.1) is 6.61 Å². The van der Waals surface area contributed by atoms with Gasteiger partial charge in [0.25, 0.3) is 5.91 Å². The van der Waals surface area contributed by atoms with Crippen molar-refractivity contribution in [3.05, 3.63) is 12.1 Å². The highest BCUT2D eigenvalue weighted by atomic mass is 16.5. The number of anilines is 2. The number of nitrogens with two attached hydrogens (primary N) is 1. The molecule has 2 atom stereocenters. The molecule has 0 fully saturated rings. The van der Waals surface area contributed by atoms with Gasteiger partial charge in [0.1, 0.15) is 11.9 Å². The number of pyridine rings is 1. The Hall–Kier alpha value is -2.31. The average Bonchev–Trinajstić information content (AvgIpc) is 2.51. The molecule has 0 saturated carbocycles. The summed E-state index contributed by atoms with van der Waals surface area (Å²) in [6.45, 7) is 9.59. The van der Waals surface area contributed by atoms with E-state index in [1.165, 1.54) is 4.90 Å². The van der Waals surface area contributed by atoms with Crippen molar-refractivity contribution in [2.45, 2.75) is 46.8 Å². The molecular formula is C17H25N3O4. The van der Waals surface area contributed by atoms with Crippen molar-refractivity contribution >= 4 is 23.5 Å². The summed E-state index contributed by atoms with van der Waals surface area (Å²) in [6, 6.07) is 2.46. The number of carbonyl (C=O) groups excluding carboxylic acids is 2. The van der Waals surface area contributed by atoms with E-state index < -0.39 is 18.1 Å². The maximum absolute atomic E-state index is 12.8. The molecule has 1 aromatic heterocycles. The van der Waals surface area contributed by atoms with Gasteiger partial charge in [0, 0.05) is 0 Å². The predicted octanol–water partition coefficient (Wildman–Crippen LogP) is 2.00. The van der Waals surface area contributed by atoms with E-state index in [9.17, 15) is 9.59 Å². The lowest BCUT2D eigenvalue weighted by Crippen LogP contribution is -2.54. The third kappa shape index (κ3) is 3.60. The number of fused-ring (bicyclic) bond motifs is 1. The number of hydrogen-bond donors (Lipinski definition) is 1. The minimum Gasteiger partial charge on any atom is -0.476 e. The van der Waals surface area contributed by atoms with Gasteiger partial charge < -0.3 is 15.2 Å². The van der Waals surface area contributed by atoms with E-state index >= 15 is 0 Å². The zero-order chi connectivity index (χ0) is 18.0. The summed E-state index contributed by atoms with van der Waals surface area (Å²) in [7, 11) is 0. The SMILES string of the molecule is CC(C)COC(=O)C(C)N1C(=O)C(C(C)C)Oc2ccc(N)nc21. The van der Waals surface area contributed by atoms with Crippen molar-refractivity contribution in [1.29, 1.82) is 0 Å². The van der Waals surface area contributed by atoms with Gasteiger partial charge in [-0.2, -0.15) is 0 Å². The molecular weight excluding hydrogens is 310 g/mol. The molecule has 7 nitrogen and oxygen atoms in total. The minimum atomic E-state index is -0.811. The number of ether oxygens (including phenoxy) is 2. The maximum atomic E-state index is 12.8. The van der Waals surface area contributed by atoms with Crippen molar-refractivity contribution < 1.29 is 19.1 Å². The summed E-state index contributed by atoms with van der Waals surface area (Å²) >= 11 is 0. The molecule has 132 valence electrons. The lowest BCUT2D eigenvalue weighted by atomic mass is 10.0. The third-order valence-corrected chi connectivity index (χ3v) is 3.72. The van der Waals surface area contributed by atoms with Crippen LogP contribution < -0.4 is 15.4 Å². The Balaban J connectivity index is 2.36. The highest BCUT2D eigenvalue weighted by Crippen LogP contribution is 2.36. The Kier molecular flexibility index (Phi) is 5.31. The van der Waals surface area contributed by atoms with Gasteiger partial charge in [-0.3, -0.25) is 9.69 Å². The molecule has 1 aliphatic rings. The van der Waals surface area contributed by atoms with E-state index in [0.29, 0.717) is 12.4 Å². The van der Waals surface area contributed by atoms with Gasteiger partial charge in [-0.1, -0.05) is 27.7 Å². The smallest absolute Gasteiger partial charge is 0.329 e. The van der Waals surface area contributed by atoms with Gasteiger partial charge >= 0.3 is 5.97 Å². The first-order valence-electron chi connectivity index (χ1n) is 8.15. The number of rotatable bonds is 5. The number of nitrogen functional groups attached to an aromatic ring is 1. The normalized spacial score (nSPS) is 18.4. The molecule has 1 aliphatic heterocycles.